The van der Waals surface area contributed by atoms with Gasteiger partial charge in [-0.1, -0.05) is 38.5 Å². The molecule has 1 aromatic carbocycles. The zero-order valence-electron chi connectivity index (χ0n) is 20.8. The average Bonchev–Trinajstić information content (AvgIpc) is 2.81. The van der Waals surface area contributed by atoms with Gasteiger partial charge in [0.15, 0.2) is 0 Å². The van der Waals surface area contributed by atoms with Crippen molar-refractivity contribution in [1.82, 2.24) is 19.4 Å². The molecule has 2 fully saturated rings. The molecular formula is C25H40N4O4S. The normalized spacial score (nSPS) is 22.8. The third-order valence-corrected chi connectivity index (χ3v) is 8.68. The maximum absolute atomic E-state index is 13.4. The van der Waals surface area contributed by atoms with Crippen LogP contribution >= 0.6 is 0 Å². The Morgan fingerprint density at radius 3 is 2.41 bits per heavy atom. The Hall–Kier alpha value is -1.97. The van der Waals surface area contributed by atoms with E-state index in [1.807, 2.05) is 0 Å². The van der Waals surface area contributed by atoms with Gasteiger partial charge in [-0.15, -0.1) is 0 Å². The van der Waals surface area contributed by atoms with E-state index in [4.69, 9.17) is 0 Å². The molecule has 1 N–H and O–H groups in total. The summed E-state index contributed by atoms with van der Waals surface area (Å²) in [5.41, 5.74) is -1.27. The number of rotatable bonds is 10. The number of carbonyl (C=O) groups is 2. The summed E-state index contributed by atoms with van der Waals surface area (Å²) in [5, 5.41) is 2.96. The maximum atomic E-state index is 13.4. The minimum Gasteiger partial charge on any atom is -0.354 e. The number of piperidine rings is 1. The van der Waals surface area contributed by atoms with Gasteiger partial charge in [0.2, 0.25) is 21.8 Å². The van der Waals surface area contributed by atoms with Crippen molar-refractivity contribution < 1.29 is 18.0 Å². The third-order valence-electron chi connectivity index (χ3n) is 6.87. The van der Waals surface area contributed by atoms with E-state index in [-0.39, 0.29) is 29.8 Å². The lowest BCUT2D eigenvalue weighted by atomic mass is 9.95. The predicted octanol–water partition coefficient (Wildman–Crippen LogP) is 2.32. The van der Waals surface area contributed by atoms with Crippen LogP contribution in [-0.4, -0.2) is 85.7 Å². The van der Waals surface area contributed by atoms with Crippen molar-refractivity contribution in [3.63, 3.8) is 0 Å². The Labute approximate surface area is 204 Å². The van der Waals surface area contributed by atoms with Crippen molar-refractivity contribution in [2.45, 2.75) is 63.3 Å². The van der Waals surface area contributed by atoms with Crippen LogP contribution in [0.15, 0.2) is 35.2 Å². The molecule has 1 atom stereocenters. The quantitative estimate of drug-likeness (QED) is 0.541. The fourth-order valence-corrected chi connectivity index (χ4v) is 6.27. The average molecular weight is 493 g/mol. The van der Waals surface area contributed by atoms with E-state index in [0.717, 1.165) is 36.8 Å². The fourth-order valence-electron chi connectivity index (χ4n) is 4.77. The third kappa shape index (κ3) is 6.37. The summed E-state index contributed by atoms with van der Waals surface area (Å²) < 4.78 is 27.7. The summed E-state index contributed by atoms with van der Waals surface area (Å²) >= 11 is 0. The van der Waals surface area contributed by atoms with E-state index in [9.17, 15) is 18.0 Å². The molecule has 0 saturated carbocycles. The van der Waals surface area contributed by atoms with Crippen LogP contribution in [0.5, 0.6) is 0 Å². The van der Waals surface area contributed by atoms with E-state index in [1.54, 1.807) is 30.0 Å². The van der Waals surface area contributed by atoms with Crippen LogP contribution in [0.2, 0.25) is 0 Å². The Bertz CT molecular complexity index is 931. The molecule has 2 aliphatic heterocycles. The van der Waals surface area contributed by atoms with Crippen LogP contribution < -0.4 is 5.32 Å². The van der Waals surface area contributed by atoms with Gasteiger partial charge in [0.1, 0.15) is 5.54 Å². The molecule has 2 aliphatic rings. The Morgan fingerprint density at radius 1 is 1.09 bits per heavy atom. The Morgan fingerprint density at radius 2 is 1.76 bits per heavy atom. The summed E-state index contributed by atoms with van der Waals surface area (Å²) in [5.74, 6) is -0.199. The van der Waals surface area contributed by atoms with Gasteiger partial charge in [-0.3, -0.25) is 9.59 Å². The van der Waals surface area contributed by atoms with Crippen molar-refractivity contribution in [2.75, 3.05) is 45.8 Å². The zero-order chi connectivity index (χ0) is 24.8. The highest BCUT2D eigenvalue weighted by molar-refractivity contribution is 7.89. The number of amides is 2. The number of hydrogen-bond donors (Lipinski definition) is 1. The second-order valence-corrected chi connectivity index (χ2v) is 12.0. The van der Waals surface area contributed by atoms with Gasteiger partial charge >= 0.3 is 0 Å². The molecule has 0 spiro atoms. The number of benzene rings is 1. The van der Waals surface area contributed by atoms with Crippen LogP contribution in [0.25, 0.3) is 0 Å². The fraction of sp³-hybridized carbons (Fsp3) is 0.680. The van der Waals surface area contributed by atoms with Crippen LogP contribution in [0, 0.1) is 5.92 Å². The van der Waals surface area contributed by atoms with Crippen molar-refractivity contribution in [3.8, 4) is 0 Å². The van der Waals surface area contributed by atoms with Crippen LogP contribution in [0.3, 0.4) is 0 Å². The molecule has 34 heavy (non-hydrogen) atoms. The van der Waals surface area contributed by atoms with E-state index in [2.05, 4.69) is 24.1 Å². The van der Waals surface area contributed by atoms with E-state index in [0.29, 0.717) is 19.0 Å². The largest absolute Gasteiger partial charge is 0.354 e. The van der Waals surface area contributed by atoms with Gasteiger partial charge in [-0.05, 0) is 70.3 Å². The first kappa shape index (κ1) is 26.6. The lowest BCUT2D eigenvalue weighted by Crippen LogP contribution is -2.70. The highest BCUT2D eigenvalue weighted by atomic mass is 32.2. The van der Waals surface area contributed by atoms with Gasteiger partial charge in [0.25, 0.3) is 0 Å². The van der Waals surface area contributed by atoms with Gasteiger partial charge in [-0.2, -0.15) is 4.31 Å². The van der Waals surface area contributed by atoms with Gasteiger partial charge in [-0.25, -0.2) is 8.42 Å². The second kappa shape index (κ2) is 11.6. The van der Waals surface area contributed by atoms with Crippen LogP contribution in [-0.2, 0) is 19.6 Å². The highest BCUT2D eigenvalue weighted by Gasteiger charge is 2.50. The summed E-state index contributed by atoms with van der Waals surface area (Å²) in [6.45, 7) is 9.50. The zero-order valence-corrected chi connectivity index (χ0v) is 21.6. The van der Waals surface area contributed by atoms with Crippen molar-refractivity contribution in [1.29, 1.82) is 0 Å². The first-order valence-electron chi connectivity index (χ1n) is 12.5. The number of nitrogens with zero attached hydrogens (tertiary/aromatic N) is 3. The minimum atomic E-state index is -3.90. The molecule has 2 amide bonds. The molecule has 2 heterocycles. The first-order valence-corrected chi connectivity index (χ1v) is 13.9. The Balaban J connectivity index is 1.78. The molecule has 3 rings (SSSR count). The van der Waals surface area contributed by atoms with Crippen LogP contribution in [0.4, 0.5) is 0 Å². The van der Waals surface area contributed by atoms with E-state index in [1.165, 1.54) is 31.4 Å². The lowest BCUT2D eigenvalue weighted by Gasteiger charge is -2.47. The monoisotopic (exact) mass is 492 g/mol. The summed E-state index contributed by atoms with van der Waals surface area (Å²) in [7, 11) is -3.90. The number of nitrogens with one attached hydrogen (secondary N) is 1. The number of piperazine rings is 1. The van der Waals surface area contributed by atoms with Crippen molar-refractivity contribution >= 4 is 21.8 Å². The maximum Gasteiger partial charge on any atom is 0.247 e. The molecule has 1 aromatic rings. The molecule has 9 heteroatoms. The molecule has 0 radical (unpaired) electrons. The summed E-state index contributed by atoms with van der Waals surface area (Å²) in [6.07, 6.45) is 5.24. The van der Waals surface area contributed by atoms with Crippen LogP contribution in [0.1, 0.15) is 52.9 Å². The number of carbonyl (C=O) groups excluding carboxylic acids is 2. The van der Waals surface area contributed by atoms with Crippen molar-refractivity contribution in [3.05, 3.63) is 30.3 Å². The highest BCUT2D eigenvalue weighted by Crippen LogP contribution is 2.28. The van der Waals surface area contributed by atoms with Gasteiger partial charge in [0.05, 0.1) is 11.4 Å². The molecule has 0 bridgehead atoms. The number of hydrogen-bond acceptors (Lipinski definition) is 5. The molecule has 0 aliphatic carbocycles. The minimum absolute atomic E-state index is 0.0623. The molecule has 2 saturated heterocycles. The summed E-state index contributed by atoms with van der Waals surface area (Å²) in [4.78, 5) is 30.8. The topological polar surface area (TPSA) is 90.0 Å². The molecule has 0 unspecified atom stereocenters. The van der Waals surface area contributed by atoms with E-state index < -0.39 is 15.6 Å². The molecule has 0 aromatic heterocycles. The lowest BCUT2D eigenvalue weighted by molar-refractivity contribution is -0.152. The number of sulfonamides is 1. The predicted molar refractivity (Wildman–Crippen MR) is 133 cm³/mol. The molecular weight excluding hydrogens is 452 g/mol. The second-order valence-electron chi connectivity index (χ2n) is 10.1. The van der Waals surface area contributed by atoms with E-state index >= 15 is 0 Å². The Kier molecular flexibility index (Phi) is 9.12. The SMILES string of the molecule is CC(C)CCNC(=O)[C@@]1(C)CN(S(=O)(=O)c2ccccc2)CC(=O)N1CCCN1CCCCC1. The smallest absolute Gasteiger partial charge is 0.247 e. The summed E-state index contributed by atoms with van der Waals surface area (Å²) in [6, 6.07) is 8.10. The molecule has 190 valence electrons. The molecule has 8 nitrogen and oxygen atoms in total. The number of likely N-dealkylation sites (tertiary alicyclic amines) is 1. The van der Waals surface area contributed by atoms with Crippen molar-refractivity contribution in [2.24, 2.45) is 5.92 Å². The van der Waals surface area contributed by atoms with Gasteiger partial charge in [0, 0.05) is 19.6 Å². The standard InChI is InChI=1S/C25H40N4O4S/c1-21(2)13-14-26-24(31)25(3)20-28(34(32,33)22-11-6-4-7-12-22)19-23(30)29(25)18-10-17-27-15-8-5-9-16-27/h4,6-7,11-12,21H,5,8-10,13-20H2,1-3H3,(H,26,31)/t25-/m1/s1. The van der Waals surface area contributed by atoms with Gasteiger partial charge < -0.3 is 15.1 Å². The first-order chi connectivity index (χ1) is 16.1.